The van der Waals surface area contributed by atoms with Crippen LogP contribution < -0.4 is 0 Å². The third-order valence-electron chi connectivity index (χ3n) is 13.5. The van der Waals surface area contributed by atoms with Gasteiger partial charge in [0.25, 0.3) is 0 Å². The Hall–Kier alpha value is -1.59. The van der Waals surface area contributed by atoms with Crippen molar-refractivity contribution in [2.24, 2.45) is 17.8 Å². The van der Waals surface area contributed by atoms with Crippen LogP contribution in [0.5, 0.6) is 0 Å². The molecule has 0 bridgehead atoms. The van der Waals surface area contributed by atoms with Crippen LogP contribution >= 0.6 is 0 Å². The molecule has 0 rings (SSSR count). The zero-order valence-corrected chi connectivity index (χ0v) is 44.1. The van der Waals surface area contributed by atoms with Crippen LogP contribution in [0.15, 0.2) is 0 Å². The highest BCUT2D eigenvalue weighted by Gasteiger charge is 2.19. The number of esters is 3. The maximum atomic E-state index is 12.8. The van der Waals surface area contributed by atoms with Gasteiger partial charge in [0, 0.05) is 19.3 Å². The summed E-state index contributed by atoms with van der Waals surface area (Å²) in [4.78, 5) is 38.1. The lowest BCUT2D eigenvalue weighted by molar-refractivity contribution is -0.167. The van der Waals surface area contributed by atoms with Crippen molar-refractivity contribution in [1.29, 1.82) is 0 Å². The van der Waals surface area contributed by atoms with Gasteiger partial charge in [-0.2, -0.15) is 0 Å². The van der Waals surface area contributed by atoms with Crippen molar-refractivity contribution < 1.29 is 28.6 Å². The summed E-state index contributed by atoms with van der Waals surface area (Å²) in [5, 5.41) is 0. The molecule has 0 spiro atoms. The summed E-state index contributed by atoms with van der Waals surface area (Å²) in [6.45, 7) is 13.7. The van der Waals surface area contributed by atoms with Crippen molar-refractivity contribution in [1.82, 2.24) is 0 Å². The Balaban J connectivity index is 4.25. The molecule has 0 saturated carbocycles. The molecule has 0 aliphatic rings. The number of carbonyl (C=O) groups is 3. The van der Waals surface area contributed by atoms with Crippen LogP contribution in [0.3, 0.4) is 0 Å². The lowest BCUT2D eigenvalue weighted by Gasteiger charge is -2.18. The number of ether oxygens (including phenoxy) is 3. The largest absolute Gasteiger partial charge is 0.462 e. The van der Waals surface area contributed by atoms with Gasteiger partial charge in [-0.15, -0.1) is 0 Å². The molecule has 0 aromatic carbocycles. The van der Waals surface area contributed by atoms with E-state index in [2.05, 4.69) is 41.5 Å². The Morgan fingerprint density at radius 1 is 0.312 bits per heavy atom. The molecule has 1 unspecified atom stereocenters. The minimum absolute atomic E-state index is 0.0642. The quantitative estimate of drug-likeness (QED) is 0.0344. The molecule has 2 atom stereocenters. The maximum absolute atomic E-state index is 12.8. The molecule has 0 saturated heterocycles. The van der Waals surface area contributed by atoms with Gasteiger partial charge in [0.2, 0.25) is 0 Å². The smallest absolute Gasteiger partial charge is 0.306 e. The maximum Gasteiger partial charge on any atom is 0.306 e. The van der Waals surface area contributed by atoms with E-state index in [-0.39, 0.29) is 31.1 Å². The Bertz CT molecular complexity index is 993. The highest BCUT2D eigenvalue weighted by atomic mass is 16.6. The molecule has 0 aliphatic heterocycles. The molecule has 64 heavy (non-hydrogen) atoms. The van der Waals surface area contributed by atoms with Crippen molar-refractivity contribution in [2.75, 3.05) is 13.2 Å². The predicted molar refractivity (Wildman–Crippen MR) is 275 cm³/mol. The molecule has 0 aromatic heterocycles. The first-order chi connectivity index (χ1) is 31.1. The van der Waals surface area contributed by atoms with Crippen molar-refractivity contribution in [3.63, 3.8) is 0 Å². The van der Waals surface area contributed by atoms with Crippen molar-refractivity contribution in [2.45, 2.75) is 324 Å². The molecule has 6 nitrogen and oxygen atoms in total. The summed E-state index contributed by atoms with van der Waals surface area (Å²) in [6.07, 6.45) is 51.0. The molecular formula is C58H112O6. The highest BCUT2D eigenvalue weighted by Crippen LogP contribution is 2.19. The first-order valence-electron chi connectivity index (χ1n) is 28.6. The lowest BCUT2D eigenvalue weighted by Crippen LogP contribution is -2.30. The summed E-state index contributed by atoms with van der Waals surface area (Å²) in [5.74, 6) is 1.66. The van der Waals surface area contributed by atoms with Gasteiger partial charge in [-0.3, -0.25) is 14.4 Å². The molecule has 0 heterocycles. The summed E-state index contributed by atoms with van der Waals surface area (Å²) in [7, 11) is 0. The van der Waals surface area contributed by atoms with E-state index < -0.39 is 6.10 Å². The lowest BCUT2D eigenvalue weighted by atomic mass is 10.00. The predicted octanol–water partition coefficient (Wildman–Crippen LogP) is 18.7. The minimum atomic E-state index is -0.764. The van der Waals surface area contributed by atoms with Gasteiger partial charge in [-0.25, -0.2) is 0 Å². The van der Waals surface area contributed by atoms with Crippen molar-refractivity contribution in [3.05, 3.63) is 0 Å². The van der Waals surface area contributed by atoms with E-state index in [9.17, 15) is 14.4 Å². The van der Waals surface area contributed by atoms with Crippen molar-refractivity contribution in [3.8, 4) is 0 Å². The van der Waals surface area contributed by atoms with Gasteiger partial charge >= 0.3 is 17.9 Å². The third-order valence-corrected chi connectivity index (χ3v) is 13.5. The molecule has 0 radical (unpaired) electrons. The zero-order chi connectivity index (χ0) is 47.0. The van der Waals surface area contributed by atoms with Crippen LogP contribution in [-0.2, 0) is 28.6 Å². The molecule has 0 N–H and O–H groups in total. The highest BCUT2D eigenvalue weighted by molar-refractivity contribution is 5.71. The number of unbranched alkanes of at least 4 members (excludes halogenated alkanes) is 33. The normalized spacial score (nSPS) is 12.6. The van der Waals surface area contributed by atoms with E-state index in [0.717, 1.165) is 75.5 Å². The molecule has 0 amide bonds. The molecule has 380 valence electrons. The van der Waals surface area contributed by atoms with E-state index in [1.165, 1.54) is 199 Å². The van der Waals surface area contributed by atoms with Gasteiger partial charge in [-0.1, -0.05) is 279 Å². The Morgan fingerprint density at radius 2 is 0.547 bits per heavy atom. The molecule has 0 aliphatic carbocycles. The van der Waals surface area contributed by atoms with Crippen LogP contribution in [-0.4, -0.2) is 37.2 Å². The average molecular weight is 906 g/mol. The number of rotatable bonds is 51. The average Bonchev–Trinajstić information content (AvgIpc) is 3.27. The van der Waals surface area contributed by atoms with Gasteiger partial charge in [-0.05, 0) is 37.0 Å². The van der Waals surface area contributed by atoms with Gasteiger partial charge in [0.15, 0.2) is 6.10 Å². The third kappa shape index (κ3) is 49.8. The SMILES string of the molecule is CCC(C)CCCCCCCCC(=O)OC[C@@H](COC(=O)CCCCCCCCCCCCCCCCCC(C)C)OC(=O)CCCCCCCCCCCCCCCCCC(C)C. The second-order valence-electron chi connectivity index (χ2n) is 21.1. The summed E-state index contributed by atoms with van der Waals surface area (Å²) >= 11 is 0. The number of carbonyl (C=O) groups excluding carboxylic acids is 3. The minimum Gasteiger partial charge on any atom is -0.462 e. The molecule has 0 aromatic rings. The van der Waals surface area contributed by atoms with Crippen LogP contribution in [0.4, 0.5) is 0 Å². The summed E-state index contributed by atoms with van der Waals surface area (Å²) in [6, 6.07) is 0. The van der Waals surface area contributed by atoms with Gasteiger partial charge in [0.05, 0.1) is 0 Å². The van der Waals surface area contributed by atoms with Crippen LogP contribution in [0, 0.1) is 17.8 Å². The molecular weight excluding hydrogens is 793 g/mol. The van der Waals surface area contributed by atoms with Gasteiger partial charge in [0.1, 0.15) is 13.2 Å². The van der Waals surface area contributed by atoms with Crippen LogP contribution in [0.1, 0.15) is 318 Å². The number of hydrogen-bond donors (Lipinski definition) is 0. The van der Waals surface area contributed by atoms with E-state index in [4.69, 9.17) is 14.2 Å². The summed E-state index contributed by atoms with van der Waals surface area (Å²) < 4.78 is 16.9. The standard InChI is InChI=1S/C58H112O6/c1-7-54(6)46-40-34-30-31-36-42-48-57(60)63-51-55(64-58(61)49-43-37-29-25-21-17-13-9-11-15-19-23-27-33-39-45-53(4)5)50-62-56(59)47-41-35-28-24-20-16-12-8-10-14-18-22-26-32-38-44-52(2)3/h52-55H,7-51H2,1-6H3/t54?,55-/m1/s1. The fraction of sp³-hybridized carbons (Fsp3) is 0.948. The first kappa shape index (κ1) is 62.4. The second-order valence-corrected chi connectivity index (χ2v) is 21.1. The number of hydrogen-bond acceptors (Lipinski definition) is 6. The topological polar surface area (TPSA) is 78.9 Å². The Kier molecular flexibility index (Phi) is 48.1. The van der Waals surface area contributed by atoms with Crippen LogP contribution in [0.2, 0.25) is 0 Å². The fourth-order valence-corrected chi connectivity index (χ4v) is 8.79. The van der Waals surface area contributed by atoms with E-state index in [1.54, 1.807) is 0 Å². The fourth-order valence-electron chi connectivity index (χ4n) is 8.79. The second kappa shape index (κ2) is 49.3. The first-order valence-corrected chi connectivity index (χ1v) is 28.6. The van der Waals surface area contributed by atoms with E-state index in [0.29, 0.717) is 19.3 Å². The summed E-state index contributed by atoms with van der Waals surface area (Å²) in [5.41, 5.74) is 0. The Labute approximate surface area is 399 Å². The molecule has 6 heteroatoms. The Morgan fingerprint density at radius 3 is 0.812 bits per heavy atom. The monoisotopic (exact) mass is 905 g/mol. The van der Waals surface area contributed by atoms with Crippen molar-refractivity contribution >= 4 is 17.9 Å². The van der Waals surface area contributed by atoms with E-state index in [1.807, 2.05) is 0 Å². The van der Waals surface area contributed by atoms with Crippen LogP contribution in [0.25, 0.3) is 0 Å². The zero-order valence-electron chi connectivity index (χ0n) is 44.1. The molecule has 0 fully saturated rings. The van der Waals surface area contributed by atoms with E-state index >= 15 is 0 Å². The van der Waals surface area contributed by atoms with Gasteiger partial charge < -0.3 is 14.2 Å².